The number of hydrogen-bond acceptors (Lipinski definition) is 6. The van der Waals surface area contributed by atoms with E-state index < -0.39 is 5.91 Å². The first-order chi connectivity index (χ1) is 9.08. The highest BCUT2D eigenvalue weighted by atomic mass is 32.1. The lowest BCUT2D eigenvalue weighted by molar-refractivity contribution is 0.100. The van der Waals surface area contributed by atoms with Crippen LogP contribution in [0, 0.1) is 0 Å². The molecule has 0 saturated carbocycles. The summed E-state index contributed by atoms with van der Waals surface area (Å²) in [5.41, 5.74) is 11.3. The molecule has 1 unspecified atom stereocenters. The largest absolute Gasteiger partial charge is 0.382 e. The molecule has 0 spiro atoms. The maximum Gasteiger partial charge on any atom is 0.317 e. The first-order valence-electron chi connectivity index (χ1n) is 5.92. The number of amides is 3. The highest BCUT2D eigenvalue weighted by Gasteiger charge is 2.37. The maximum atomic E-state index is 11.5. The Morgan fingerprint density at radius 3 is 3.00 bits per heavy atom. The molecule has 3 heterocycles. The van der Waals surface area contributed by atoms with E-state index in [1.807, 2.05) is 9.80 Å². The number of nitrogens with two attached hydrogens (primary N) is 2. The molecule has 1 atom stereocenters. The van der Waals surface area contributed by atoms with Gasteiger partial charge in [0.1, 0.15) is 10.6 Å². The van der Waals surface area contributed by atoms with Crippen molar-refractivity contribution in [3.63, 3.8) is 0 Å². The van der Waals surface area contributed by atoms with Gasteiger partial charge in [-0.3, -0.25) is 4.79 Å². The number of hydrogen-bond donors (Lipinski definition) is 3. The fourth-order valence-corrected chi connectivity index (χ4v) is 3.38. The van der Waals surface area contributed by atoms with Gasteiger partial charge in [-0.05, 0) is 11.5 Å². The van der Waals surface area contributed by atoms with Gasteiger partial charge in [0, 0.05) is 26.2 Å². The van der Waals surface area contributed by atoms with Crippen LogP contribution >= 0.6 is 11.5 Å². The second kappa shape index (κ2) is 4.26. The van der Waals surface area contributed by atoms with Crippen LogP contribution < -0.4 is 21.7 Å². The quantitative estimate of drug-likeness (QED) is 0.645. The summed E-state index contributed by atoms with van der Waals surface area (Å²) < 4.78 is 3.99. The summed E-state index contributed by atoms with van der Waals surface area (Å²) >= 11 is 1.17. The Kier molecular flexibility index (Phi) is 2.70. The number of rotatable bonds is 2. The number of carbonyl (C=O) groups excluding carboxylic acids is 2. The molecule has 2 aliphatic rings. The van der Waals surface area contributed by atoms with Gasteiger partial charge in [0.2, 0.25) is 0 Å². The van der Waals surface area contributed by atoms with Crippen molar-refractivity contribution in [2.75, 3.05) is 36.8 Å². The number of piperazine rings is 1. The van der Waals surface area contributed by atoms with Crippen molar-refractivity contribution in [1.82, 2.24) is 14.6 Å². The van der Waals surface area contributed by atoms with Gasteiger partial charge in [0.05, 0.1) is 6.04 Å². The number of nitrogens with one attached hydrogen (secondary N) is 1. The number of fused-ring (bicyclic) bond motifs is 1. The Labute approximate surface area is 113 Å². The number of primary amides is 1. The minimum Gasteiger partial charge on any atom is -0.382 e. The summed E-state index contributed by atoms with van der Waals surface area (Å²) in [7, 11) is 0. The number of nitrogens with zero attached hydrogens (tertiary/aromatic N) is 3. The highest BCUT2D eigenvalue weighted by molar-refractivity contribution is 7.11. The van der Waals surface area contributed by atoms with E-state index in [2.05, 4.69) is 9.69 Å². The van der Waals surface area contributed by atoms with E-state index in [-0.39, 0.29) is 23.5 Å². The van der Waals surface area contributed by atoms with Crippen molar-refractivity contribution in [2.45, 2.75) is 6.04 Å². The standard InChI is InChI=1S/C10H14N6O2S/c11-7-6(8(12)17)9(19-14-7)15-1-2-16-5(4-15)3-13-10(16)18/h5H,1-4H2,(H2,11,14)(H2,12,17)(H,13,18). The summed E-state index contributed by atoms with van der Waals surface area (Å²) in [5, 5.41) is 3.51. The third kappa shape index (κ3) is 1.86. The fourth-order valence-electron chi connectivity index (χ4n) is 2.53. The van der Waals surface area contributed by atoms with E-state index in [9.17, 15) is 9.59 Å². The first-order valence-corrected chi connectivity index (χ1v) is 6.69. The van der Waals surface area contributed by atoms with Gasteiger partial charge in [0.15, 0.2) is 5.82 Å². The molecule has 2 saturated heterocycles. The molecular weight excluding hydrogens is 268 g/mol. The van der Waals surface area contributed by atoms with Gasteiger partial charge in [-0.15, -0.1) is 0 Å². The van der Waals surface area contributed by atoms with Crippen molar-refractivity contribution < 1.29 is 9.59 Å². The van der Waals surface area contributed by atoms with E-state index in [0.717, 1.165) is 0 Å². The van der Waals surface area contributed by atoms with E-state index in [1.54, 1.807) is 0 Å². The molecule has 3 rings (SSSR count). The Hall–Kier alpha value is -2.03. The molecular formula is C10H14N6O2S. The number of urea groups is 1. The topological polar surface area (TPSA) is 118 Å². The molecule has 19 heavy (non-hydrogen) atoms. The van der Waals surface area contributed by atoms with E-state index in [1.165, 1.54) is 11.5 Å². The van der Waals surface area contributed by atoms with Gasteiger partial charge in [-0.2, -0.15) is 4.37 Å². The van der Waals surface area contributed by atoms with Gasteiger partial charge in [-0.25, -0.2) is 4.79 Å². The zero-order valence-corrected chi connectivity index (χ0v) is 10.9. The van der Waals surface area contributed by atoms with E-state index in [0.29, 0.717) is 31.2 Å². The maximum absolute atomic E-state index is 11.5. The first kappa shape index (κ1) is 12.0. The molecule has 0 radical (unpaired) electrons. The summed E-state index contributed by atoms with van der Waals surface area (Å²) in [5.74, 6) is -0.389. The van der Waals surface area contributed by atoms with Crippen LogP contribution in [-0.4, -0.2) is 53.4 Å². The van der Waals surface area contributed by atoms with Crippen molar-refractivity contribution in [3.05, 3.63) is 5.56 Å². The SMILES string of the molecule is NC(=O)c1c(N)nsc1N1CCN2C(=O)NCC2C1. The lowest BCUT2D eigenvalue weighted by atomic mass is 10.2. The minimum absolute atomic E-state index is 0.0245. The van der Waals surface area contributed by atoms with Gasteiger partial charge in [0.25, 0.3) is 5.91 Å². The second-order valence-electron chi connectivity index (χ2n) is 4.59. The third-order valence-corrected chi connectivity index (χ3v) is 4.39. The number of anilines is 2. The monoisotopic (exact) mass is 282 g/mol. The number of nitrogen functional groups attached to an aromatic ring is 1. The van der Waals surface area contributed by atoms with Crippen LogP contribution in [0.4, 0.5) is 15.6 Å². The predicted molar refractivity (Wildman–Crippen MR) is 71.2 cm³/mol. The molecule has 0 aromatic carbocycles. The molecule has 1 aromatic rings. The predicted octanol–water partition coefficient (Wildman–Crippen LogP) is -0.962. The number of aromatic nitrogens is 1. The van der Waals surface area contributed by atoms with Crippen LogP contribution in [0.2, 0.25) is 0 Å². The Balaban J connectivity index is 1.85. The molecule has 102 valence electrons. The zero-order chi connectivity index (χ0) is 13.6. The average molecular weight is 282 g/mol. The molecule has 0 bridgehead atoms. The fraction of sp³-hybridized carbons (Fsp3) is 0.500. The van der Waals surface area contributed by atoms with Crippen LogP contribution in [0.1, 0.15) is 10.4 Å². The summed E-state index contributed by atoms with van der Waals surface area (Å²) in [6, 6.07) is 0.0916. The Morgan fingerprint density at radius 2 is 2.26 bits per heavy atom. The zero-order valence-electron chi connectivity index (χ0n) is 10.1. The molecule has 2 aliphatic heterocycles. The average Bonchev–Trinajstić information content (AvgIpc) is 2.93. The van der Waals surface area contributed by atoms with Crippen molar-refractivity contribution in [3.8, 4) is 0 Å². The van der Waals surface area contributed by atoms with Crippen LogP contribution in [0.5, 0.6) is 0 Å². The molecule has 3 amide bonds. The molecule has 2 fully saturated rings. The summed E-state index contributed by atoms with van der Waals surface area (Å²) in [6.07, 6.45) is 0. The Morgan fingerprint density at radius 1 is 1.47 bits per heavy atom. The van der Waals surface area contributed by atoms with Crippen LogP contribution in [0.25, 0.3) is 0 Å². The molecule has 9 heteroatoms. The van der Waals surface area contributed by atoms with Crippen LogP contribution in [0.15, 0.2) is 0 Å². The Bertz CT molecular complexity index is 544. The molecule has 5 N–H and O–H groups in total. The van der Waals surface area contributed by atoms with Gasteiger partial charge in [-0.1, -0.05) is 0 Å². The highest BCUT2D eigenvalue weighted by Crippen LogP contribution is 2.32. The van der Waals surface area contributed by atoms with Gasteiger partial charge < -0.3 is 26.6 Å². The molecule has 1 aromatic heterocycles. The molecule has 0 aliphatic carbocycles. The summed E-state index contributed by atoms with van der Waals surface area (Å²) in [6.45, 7) is 2.54. The lowest BCUT2D eigenvalue weighted by Crippen LogP contribution is -2.52. The third-order valence-electron chi connectivity index (χ3n) is 3.47. The van der Waals surface area contributed by atoms with E-state index >= 15 is 0 Å². The van der Waals surface area contributed by atoms with Crippen molar-refractivity contribution >= 4 is 34.3 Å². The molecule has 8 nitrogen and oxygen atoms in total. The van der Waals surface area contributed by atoms with E-state index in [4.69, 9.17) is 11.5 Å². The second-order valence-corrected chi connectivity index (χ2v) is 5.34. The van der Waals surface area contributed by atoms with Crippen LogP contribution in [-0.2, 0) is 0 Å². The smallest absolute Gasteiger partial charge is 0.317 e. The lowest BCUT2D eigenvalue weighted by Gasteiger charge is -2.37. The summed E-state index contributed by atoms with van der Waals surface area (Å²) in [4.78, 5) is 26.8. The minimum atomic E-state index is -0.565. The van der Waals surface area contributed by atoms with Crippen LogP contribution in [0.3, 0.4) is 0 Å². The normalized spacial score (nSPS) is 22.3. The number of carbonyl (C=O) groups is 2. The van der Waals surface area contributed by atoms with Crippen molar-refractivity contribution in [2.24, 2.45) is 5.73 Å². The van der Waals surface area contributed by atoms with Gasteiger partial charge >= 0.3 is 6.03 Å². The van der Waals surface area contributed by atoms with Crippen molar-refractivity contribution in [1.29, 1.82) is 0 Å².